The molecule has 0 atom stereocenters. The van der Waals surface area contributed by atoms with Crippen LogP contribution in [0.15, 0.2) is 21.5 Å². The molecule has 2 N–H and O–H groups in total. The summed E-state index contributed by atoms with van der Waals surface area (Å²) >= 11 is 3.22. The number of nitrogens with one attached hydrogen (secondary N) is 1. The molecule has 0 bridgehead atoms. The predicted octanol–water partition coefficient (Wildman–Crippen LogP) is 1.50. The maximum Gasteiger partial charge on any atom is 0.263 e. The Bertz CT molecular complexity index is 545. The number of nitrogens with zero attached hydrogens (tertiary/aromatic N) is 1. The highest BCUT2D eigenvalue weighted by molar-refractivity contribution is 9.10. The van der Waals surface area contributed by atoms with E-state index in [2.05, 4.69) is 20.8 Å². The van der Waals surface area contributed by atoms with Crippen molar-refractivity contribution in [3.63, 3.8) is 0 Å². The summed E-state index contributed by atoms with van der Waals surface area (Å²) in [7, 11) is -3.85. The fourth-order valence-corrected chi connectivity index (χ4v) is 3.75. The van der Waals surface area contributed by atoms with Gasteiger partial charge in [0.2, 0.25) is 0 Å². The van der Waals surface area contributed by atoms with Crippen LogP contribution in [0.2, 0.25) is 0 Å². The van der Waals surface area contributed by atoms with Crippen LogP contribution in [0.4, 0.5) is 5.69 Å². The van der Waals surface area contributed by atoms with Crippen LogP contribution in [-0.4, -0.2) is 26.7 Å². The Labute approximate surface area is 109 Å². The second-order valence-electron chi connectivity index (χ2n) is 3.84. The molecular formula is C10H13BrN2O3S. The van der Waals surface area contributed by atoms with Crippen molar-refractivity contribution in [3.05, 3.63) is 22.2 Å². The summed E-state index contributed by atoms with van der Waals surface area (Å²) in [5, 5.41) is 8.67. The summed E-state index contributed by atoms with van der Waals surface area (Å²) in [6.45, 7) is 3.75. The second kappa shape index (κ2) is 4.56. The maximum atomic E-state index is 11.6. The van der Waals surface area contributed by atoms with Crippen LogP contribution in [-0.2, 0) is 16.4 Å². The maximum absolute atomic E-state index is 11.6. The van der Waals surface area contributed by atoms with Gasteiger partial charge in [-0.15, -0.1) is 0 Å². The minimum Gasteiger partial charge on any atom is -0.371 e. The van der Waals surface area contributed by atoms with E-state index >= 15 is 0 Å². The molecule has 0 aliphatic carbocycles. The van der Waals surface area contributed by atoms with Gasteiger partial charge in [-0.3, -0.25) is 0 Å². The van der Waals surface area contributed by atoms with Crippen LogP contribution >= 0.6 is 15.9 Å². The third kappa shape index (κ3) is 2.20. The Morgan fingerprint density at radius 1 is 1.53 bits per heavy atom. The molecular weight excluding hydrogens is 308 g/mol. The molecule has 0 amide bonds. The van der Waals surface area contributed by atoms with E-state index in [1.54, 1.807) is 12.1 Å². The number of likely N-dealkylation sites (N-methyl/N-ethyl adjacent to an activating group) is 1. The van der Waals surface area contributed by atoms with Gasteiger partial charge in [-0.1, -0.05) is 4.89 Å². The van der Waals surface area contributed by atoms with Crippen molar-refractivity contribution in [1.82, 2.24) is 4.89 Å². The van der Waals surface area contributed by atoms with Gasteiger partial charge in [-0.2, -0.15) is 0 Å². The molecule has 1 heterocycles. The summed E-state index contributed by atoms with van der Waals surface area (Å²) < 4.78 is 23.7. The minimum atomic E-state index is -3.85. The second-order valence-corrected chi connectivity index (χ2v) is 6.32. The first kappa shape index (κ1) is 12.8. The number of fused-ring (bicyclic) bond motifs is 1. The first-order chi connectivity index (χ1) is 7.99. The topological polar surface area (TPSA) is 69.6 Å². The van der Waals surface area contributed by atoms with Gasteiger partial charge in [0.15, 0.2) is 0 Å². The van der Waals surface area contributed by atoms with Crippen LogP contribution < -0.4 is 9.79 Å². The van der Waals surface area contributed by atoms with E-state index in [0.29, 0.717) is 4.47 Å². The van der Waals surface area contributed by atoms with Gasteiger partial charge >= 0.3 is 0 Å². The largest absolute Gasteiger partial charge is 0.371 e. The van der Waals surface area contributed by atoms with Crippen LogP contribution in [0.5, 0.6) is 0 Å². The zero-order chi connectivity index (χ0) is 12.6. The van der Waals surface area contributed by atoms with Crippen molar-refractivity contribution >= 4 is 31.6 Å². The van der Waals surface area contributed by atoms with E-state index in [4.69, 9.17) is 5.21 Å². The quantitative estimate of drug-likeness (QED) is 0.828. The first-order valence-corrected chi connectivity index (χ1v) is 7.50. The lowest BCUT2D eigenvalue weighted by Gasteiger charge is -2.17. The summed E-state index contributed by atoms with van der Waals surface area (Å²) in [4.78, 5) is 3.51. The number of rotatable bonds is 3. The highest BCUT2D eigenvalue weighted by Gasteiger charge is 2.24. The van der Waals surface area contributed by atoms with E-state index in [1.165, 1.54) is 4.89 Å². The van der Waals surface area contributed by atoms with E-state index < -0.39 is 10.0 Å². The fourth-order valence-electron chi connectivity index (χ4n) is 2.04. The molecule has 0 saturated heterocycles. The Kier molecular flexibility index (Phi) is 3.44. The van der Waals surface area contributed by atoms with Crippen molar-refractivity contribution < 1.29 is 13.6 Å². The molecule has 0 aromatic heterocycles. The molecule has 1 aliphatic rings. The molecule has 5 nitrogen and oxygen atoms in total. The number of benzene rings is 1. The van der Waals surface area contributed by atoms with Gasteiger partial charge in [-0.25, -0.2) is 8.42 Å². The monoisotopic (exact) mass is 320 g/mol. The van der Waals surface area contributed by atoms with E-state index in [-0.39, 0.29) is 4.90 Å². The highest BCUT2D eigenvalue weighted by Crippen LogP contribution is 2.34. The van der Waals surface area contributed by atoms with E-state index in [0.717, 1.165) is 30.8 Å². The molecule has 17 heavy (non-hydrogen) atoms. The third-order valence-electron chi connectivity index (χ3n) is 2.92. The average molecular weight is 321 g/mol. The third-order valence-corrected chi connectivity index (χ3v) is 4.99. The lowest BCUT2D eigenvalue weighted by atomic mass is 10.2. The van der Waals surface area contributed by atoms with Crippen molar-refractivity contribution in [3.8, 4) is 0 Å². The number of hydrogen-bond donors (Lipinski definition) is 2. The Morgan fingerprint density at radius 3 is 2.82 bits per heavy atom. The lowest BCUT2D eigenvalue weighted by molar-refractivity contribution is 0.242. The van der Waals surface area contributed by atoms with Crippen molar-refractivity contribution in [2.45, 2.75) is 18.2 Å². The van der Waals surface area contributed by atoms with Crippen LogP contribution in [0.1, 0.15) is 12.5 Å². The van der Waals surface area contributed by atoms with Gasteiger partial charge in [0.1, 0.15) is 4.90 Å². The zero-order valence-electron chi connectivity index (χ0n) is 9.27. The fraction of sp³-hybridized carbons (Fsp3) is 0.400. The van der Waals surface area contributed by atoms with Crippen LogP contribution in [0.25, 0.3) is 0 Å². The summed E-state index contributed by atoms with van der Waals surface area (Å²) in [6.07, 6.45) is 0.911. The molecule has 94 valence electrons. The number of hydrogen-bond acceptors (Lipinski definition) is 4. The Hall–Kier alpha value is -0.630. The normalized spacial score (nSPS) is 15.1. The molecule has 0 saturated carbocycles. The highest BCUT2D eigenvalue weighted by atomic mass is 79.9. The molecule has 0 spiro atoms. The first-order valence-electron chi connectivity index (χ1n) is 5.23. The molecule has 1 aliphatic heterocycles. The zero-order valence-corrected chi connectivity index (χ0v) is 11.7. The lowest BCUT2D eigenvalue weighted by Crippen LogP contribution is -2.22. The van der Waals surface area contributed by atoms with Gasteiger partial charge in [0.25, 0.3) is 10.0 Å². The predicted molar refractivity (Wildman–Crippen MR) is 67.8 cm³/mol. The van der Waals surface area contributed by atoms with E-state index in [1.807, 2.05) is 6.92 Å². The van der Waals surface area contributed by atoms with Gasteiger partial charge in [-0.05, 0) is 47.0 Å². The van der Waals surface area contributed by atoms with Gasteiger partial charge in [0.05, 0.1) is 0 Å². The number of halogens is 1. The summed E-state index contributed by atoms with van der Waals surface area (Å²) in [6, 6.07) is 3.39. The molecule has 2 rings (SSSR count). The Balaban J connectivity index is 2.58. The van der Waals surface area contributed by atoms with Crippen molar-refractivity contribution in [1.29, 1.82) is 0 Å². The average Bonchev–Trinajstić information content (AvgIpc) is 2.69. The van der Waals surface area contributed by atoms with Gasteiger partial charge < -0.3 is 10.1 Å². The molecule has 7 heteroatoms. The molecule has 1 aromatic rings. The van der Waals surface area contributed by atoms with Gasteiger partial charge in [0, 0.05) is 23.2 Å². The van der Waals surface area contributed by atoms with Crippen LogP contribution in [0, 0.1) is 0 Å². The SMILES string of the molecule is CCN1CCc2cc(Br)c(S(=O)(=O)NO)cc21. The molecule has 1 aromatic carbocycles. The summed E-state index contributed by atoms with van der Waals surface area (Å²) in [5.74, 6) is 0. The Morgan fingerprint density at radius 2 is 2.24 bits per heavy atom. The minimum absolute atomic E-state index is 0.0547. The molecule has 0 unspecified atom stereocenters. The van der Waals surface area contributed by atoms with E-state index in [9.17, 15) is 8.42 Å². The number of sulfonamides is 1. The molecule has 0 radical (unpaired) electrons. The van der Waals surface area contributed by atoms with Crippen molar-refractivity contribution in [2.75, 3.05) is 18.0 Å². The summed E-state index contributed by atoms with van der Waals surface area (Å²) in [5.41, 5.74) is 2.04. The smallest absolute Gasteiger partial charge is 0.263 e. The van der Waals surface area contributed by atoms with Crippen LogP contribution in [0.3, 0.4) is 0 Å². The van der Waals surface area contributed by atoms with Crippen molar-refractivity contribution in [2.24, 2.45) is 0 Å². The molecule has 0 fully saturated rings. The standard InChI is InChI=1S/C10H13BrN2O3S/c1-2-13-4-3-7-5-8(11)10(6-9(7)13)17(15,16)12-14/h5-6,12,14H,2-4H2,1H3. The number of anilines is 1.